The zero-order chi connectivity index (χ0) is 10.0. The number of rotatable bonds is 1. The molecule has 0 spiro atoms. The molecule has 0 unspecified atom stereocenters. The zero-order valence-corrected chi connectivity index (χ0v) is 10.5. The number of halogens is 2. The molecule has 1 aromatic rings. The van der Waals surface area contributed by atoms with Crippen molar-refractivity contribution >= 4 is 37.7 Å². The van der Waals surface area contributed by atoms with Crippen LogP contribution in [0.4, 0.5) is 0 Å². The first-order valence-corrected chi connectivity index (χ1v) is 5.19. The third-order valence-corrected chi connectivity index (χ3v) is 3.27. The van der Waals surface area contributed by atoms with Crippen LogP contribution in [0.3, 0.4) is 0 Å². The van der Waals surface area contributed by atoms with E-state index in [9.17, 15) is 0 Å². The van der Waals surface area contributed by atoms with E-state index in [1.807, 2.05) is 20.2 Å². The molecular weight excluding hydrogens is 298 g/mol. The Balaban J connectivity index is 3.04. The normalized spacial score (nSPS) is 9.85. The Morgan fingerprint density at radius 2 is 2.00 bits per heavy atom. The molecule has 0 aliphatic rings. The Morgan fingerprint density at radius 3 is 2.46 bits per heavy atom. The summed E-state index contributed by atoms with van der Waals surface area (Å²) in [6.07, 6.45) is 0. The lowest BCUT2D eigenvalue weighted by atomic mass is 10.3. The summed E-state index contributed by atoms with van der Waals surface area (Å²) in [6.45, 7) is 0. The molecule has 3 nitrogen and oxygen atoms in total. The average molecular weight is 307 g/mol. The maximum absolute atomic E-state index is 7.68. The van der Waals surface area contributed by atoms with Crippen LogP contribution in [0.1, 0.15) is 5.69 Å². The molecule has 1 aromatic heterocycles. The van der Waals surface area contributed by atoms with E-state index in [4.69, 9.17) is 5.41 Å². The van der Waals surface area contributed by atoms with Crippen LogP contribution in [0.15, 0.2) is 21.2 Å². The van der Waals surface area contributed by atoms with Crippen LogP contribution >= 0.6 is 31.9 Å². The van der Waals surface area contributed by atoms with Gasteiger partial charge in [0.1, 0.15) is 16.1 Å². The number of aromatic nitrogens is 1. The number of pyridine rings is 1. The standard InChI is InChI=1S/C8H9Br2N3/c1-13(2)8(11)6-4-3-5(9)7(10)12-6/h3-4,11H,1-2H3. The van der Waals surface area contributed by atoms with Crippen LogP contribution in [0.25, 0.3) is 0 Å². The first-order chi connectivity index (χ1) is 6.02. The number of hydrogen-bond donors (Lipinski definition) is 1. The second-order valence-corrected chi connectivity index (χ2v) is 4.32. The van der Waals surface area contributed by atoms with Crippen LogP contribution in [-0.2, 0) is 0 Å². The summed E-state index contributed by atoms with van der Waals surface area (Å²) in [6, 6.07) is 3.67. The van der Waals surface area contributed by atoms with E-state index in [1.54, 1.807) is 11.0 Å². The van der Waals surface area contributed by atoms with Crippen molar-refractivity contribution in [2.75, 3.05) is 14.1 Å². The summed E-state index contributed by atoms with van der Waals surface area (Å²) in [5, 5.41) is 7.68. The number of nitrogens with one attached hydrogen (secondary N) is 1. The first kappa shape index (κ1) is 10.7. The number of hydrogen-bond acceptors (Lipinski definition) is 2. The van der Waals surface area contributed by atoms with Crippen molar-refractivity contribution in [3.63, 3.8) is 0 Å². The van der Waals surface area contributed by atoms with Crippen molar-refractivity contribution in [2.24, 2.45) is 0 Å². The maximum atomic E-state index is 7.68. The highest BCUT2D eigenvalue weighted by molar-refractivity contribution is 9.13. The van der Waals surface area contributed by atoms with Crippen molar-refractivity contribution in [3.8, 4) is 0 Å². The van der Waals surface area contributed by atoms with Crippen LogP contribution in [0.2, 0.25) is 0 Å². The van der Waals surface area contributed by atoms with E-state index in [0.717, 1.165) is 9.08 Å². The van der Waals surface area contributed by atoms with Gasteiger partial charge in [0.2, 0.25) is 0 Å². The van der Waals surface area contributed by atoms with Gasteiger partial charge in [-0.25, -0.2) is 4.98 Å². The molecule has 13 heavy (non-hydrogen) atoms. The summed E-state index contributed by atoms with van der Waals surface area (Å²) in [5.41, 5.74) is 0.653. The number of amidine groups is 1. The van der Waals surface area contributed by atoms with Crippen molar-refractivity contribution < 1.29 is 0 Å². The maximum Gasteiger partial charge on any atom is 0.146 e. The van der Waals surface area contributed by atoms with Gasteiger partial charge in [-0.1, -0.05) is 0 Å². The fourth-order valence-electron chi connectivity index (χ4n) is 0.778. The smallest absolute Gasteiger partial charge is 0.146 e. The Bertz CT molecular complexity index is 336. The minimum Gasteiger partial charge on any atom is -0.361 e. The second-order valence-electron chi connectivity index (χ2n) is 2.71. The zero-order valence-electron chi connectivity index (χ0n) is 7.31. The van der Waals surface area contributed by atoms with Gasteiger partial charge in [0.15, 0.2) is 0 Å². The summed E-state index contributed by atoms with van der Waals surface area (Å²) in [4.78, 5) is 5.91. The van der Waals surface area contributed by atoms with Crippen LogP contribution < -0.4 is 0 Å². The van der Waals surface area contributed by atoms with Gasteiger partial charge >= 0.3 is 0 Å². The van der Waals surface area contributed by atoms with E-state index in [2.05, 4.69) is 36.8 Å². The lowest BCUT2D eigenvalue weighted by molar-refractivity contribution is 0.616. The highest BCUT2D eigenvalue weighted by Gasteiger charge is 2.06. The highest BCUT2D eigenvalue weighted by Crippen LogP contribution is 2.20. The quantitative estimate of drug-likeness (QED) is 0.492. The summed E-state index contributed by atoms with van der Waals surface area (Å²) >= 11 is 6.61. The lowest BCUT2D eigenvalue weighted by Crippen LogP contribution is -2.22. The predicted molar refractivity (Wildman–Crippen MR) is 60.2 cm³/mol. The van der Waals surface area contributed by atoms with Gasteiger partial charge in [-0.2, -0.15) is 0 Å². The molecule has 0 aliphatic carbocycles. The molecule has 0 saturated heterocycles. The van der Waals surface area contributed by atoms with Gasteiger partial charge in [-0.05, 0) is 44.0 Å². The first-order valence-electron chi connectivity index (χ1n) is 3.60. The molecule has 0 radical (unpaired) electrons. The molecular formula is C8H9Br2N3. The largest absolute Gasteiger partial charge is 0.361 e. The molecule has 0 atom stereocenters. The van der Waals surface area contributed by atoms with E-state index >= 15 is 0 Å². The molecule has 1 rings (SSSR count). The van der Waals surface area contributed by atoms with Crippen molar-refractivity contribution in [2.45, 2.75) is 0 Å². The molecule has 0 bridgehead atoms. The Morgan fingerprint density at radius 1 is 1.38 bits per heavy atom. The fraction of sp³-hybridized carbons (Fsp3) is 0.250. The van der Waals surface area contributed by atoms with E-state index in [-0.39, 0.29) is 0 Å². The minimum absolute atomic E-state index is 0.396. The second kappa shape index (κ2) is 4.19. The van der Waals surface area contributed by atoms with Gasteiger partial charge < -0.3 is 4.90 Å². The van der Waals surface area contributed by atoms with Gasteiger partial charge in [0.25, 0.3) is 0 Å². The van der Waals surface area contributed by atoms with E-state index in [1.165, 1.54) is 0 Å². The monoisotopic (exact) mass is 305 g/mol. The Hall–Kier alpha value is -0.420. The molecule has 70 valence electrons. The van der Waals surface area contributed by atoms with E-state index in [0.29, 0.717) is 11.5 Å². The van der Waals surface area contributed by atoms with Crippen LogP contribution in [0, 0.1) is 5.41 Å². The summed E-state index contributed by atoms with van der Waals surface area (Å²) < 4.78 is 1.61. The van der Waals surface area contributed by atoms with Gasteiger partial charge in [0.05, 0.1) is 4.47 Å². The fourth-order valence-corrected chi connectivity index (χ4v) is 1.32. The van der Waals surface area contributed by atoms with Gasteiger partial charge in [0, 0.05) is 14.1 Å². The molecule has 0 fully saturated rings. The Labute approximate surface area is 93.9 Å². The lowest BCUT2D eigenvalue weighted by Gasteiger charge is -2.12. The molecule has 0 aliphatic heterocycles. The van der Waals surface area contributed by atoms with E-state index < -0.39 is 0 Å². The molecule has 0 aromatic carbocycles. The topological polar surface area (TPSA) is 40.0 Å². The third kappa shape index (κ3) is 2.51. The SMILES string of the molecule is CN(C)C(=N)c1ccc(Br)c(Br)n1. The highest BCUT2D eigenvalue weighted by atomic mass is 79.9. The molecule has 1 heterocycles. The molecule has 0 amide bonds. The number of nitrogens with zero attached hydrogens (tertiary/aromatic N) is 2. The van der Waals surface area contributed by atoms with Crippen molar-refractivity contribution in [3.05, 3.63) is 26.9 Å². The van der Waals surface area contributed by atoms with Gasteiger partial charge in [-0.15, -0.1) is 0 Å². The molecule has 0 saturated carbocycles. The van der Waals surface area contributed by atoms with Crippen molar-refractivity contribution in [1.82, 2.24) is 9.88 Å². The average Bonchev–Trinajstić information content (AvgIpc) is 2.08. The van der Waals surface area contributed by atoms with Crippen molar-refractivity contribution in [1.29, 1.82) is 5.41 Å². The Kier molecular flexibility index (Phi) is 3.44. The summed E-state index contributed by atoms with van der Waals surface area (Å²) in [5.74, 6) is 0.396. The molecule has 5 heteroatoms. The van der Waals surface area contributed by atoms with Gasteiger partial charge in [-0.3, -0.25) is 5.41 Å². The molecule has 1 N–H and O–H groups in total. The third-order valence-electron chi connectivity index (χ3n) is 1.49. The van der Waals surface area contributed by atoms with Crippen LogP contribution in [-0.4, -0.2) is 29.8 Å². The predicted octanol–water partition coefficient (Wildman–Crippen LogP) is 2.49. The van der Waals surface area contributed by atoms with Crippen LogP contribution in [0.5, 0.6) is 0 Å². The minimum atomic E-state index is 0.396. The summed E-state index contributed by atoms with van der Waals surface area (Å²) in [7, 11) is 3.64.